The van der Waals surface area contributed by atoms with Crippen molar-refractivity contribution in [3.63, 3.8) is 0 Å². The van der Waals surface area contributed by atoms with Gasteiger partial charge in [0.2, 0.25) is 6.79 Å². The second kappa shape index (κ2) is 6.56. The van der Waals surface area contributed by atoms with Crippen LogP contribution in [0.5, 0.6) is 23.0 Å². The Kier molecular flexibility index (Phi) is 4.10. The van der Waals surface area contributed by atoms with Crippen molar-refractivity contribution < 1.29 is 28.5 Å². The minimum atomic E-state index is -0.380. The van der Waals surface area contributed by atoms with Crippen molar-refractivity contribution in [2.24, 2.45) is 17.6 Å². The SMILES string of the molecule is COc1cc([C@@H]2c3cc4c(cc3[C@@H](N)[C@H]3COC(=O)[C@H]23)OCO4)cc(OC)c1C. The summed E-state index contributed by atoms with van der Waals surface area (Å²) in [6.07, 6.45) is 0. The number of benzene rings is 2. The Labute approximate surface area is 168 Å². The summed E-state index contributed by atoms with van der Waals surface area (Å²) in [4.78, 5) is 12.8. The molecule has 0 unspecified atom stereocenters. The minimum Gasteiger partial charge on any atom is -0.496 e. The van der Waals surface area contributed by atoms with Crippen molar-refractivity contribution >= 4 is 5.97 Å². The van der Waals surface area contributed by atoms with Crippen molar-refractivity contribution in [1.82, 2.24) is 0 Å². The third kappa shape index (κ3) is 2.57. The van der Waals surface area contributed by atoms with Crippen LogP contribution in [0, 0.1) is 18.8 Å². The van der Waals surface area contributed by atoms with Gasteiger partial charge in [-0.15, -0.1) is 0 Å². The van der Waals surface area contributed by atoms with E-state index in [0.717, 1.165) is 22.3 Å². The zero-order valence-corrected chi connectivity index (χ0v) is 16.6. The third-order valence-electron chi connectivity index (χ3n) is 6.38. The summed E-state index contributed by atoms with van der Waals surface area (Å²) in [5.74, 6) is 1.80. The predicted octanol–water partition coefficient (Wildman–Crippen LogP) is 2.68. The Morgan fingerprint density at radius 3 is 2.21 bits per heavy atom. The monoisotopic (exact) mass is 397 g/mol. The predicted molar refractivity (Wildman–Crippen MR) is 104 cm³/mol. The first kappa shape index (κ1) is 18.1. The van der Waals surface area contributed by atoms with Crippen LogP contribution in [0.15, 0.2) is 24.3 Å². The standard InChI is InChI=1S/C22H23NO6/c1-10-15(25-2)4-11(5-16(10)26-3)19-12-6-17-18(29-9-28-17)7-13(12)21(23)14-8-27-22(24)20(14)19/h4-7,14,19-21H,8-9,23H2,1-3H3/t14-,19+,20-,21+/m0/s1. The summed E-state index contributed by atoms with van der Waals surface area (Å²) in [6.45, 7) is 2.44. The number of fused-ring (bicyclic) bond motifs is 3. The molecule has 0 saturated carbocycles. The van der Waals surface area contributed by atoms with Crippen LogP contribution in [0.25, 0.3) is 0 Å². The molecule has 0 aromatic heterocycles. The fraction of sp³-hybridized carbons (Fsp3) is 0.409. The van der Waals surface area contributed by atoms with E-state index >= 15 is 0 Å². The first-order valence-corrected chi connectivity index (χ1v) is 9.61. The van der Waals surface area contributed by atoms with Crippen LogP contribution in [0.3, 0.4) is 0 Å². The number of ether oxygens (including phenoxy) is 5. The van der Waals surface area contributed by atoms with Gasteiger partial charge in [0, 0.05) is 23.4 Å². The van der Waals surface area contributed by atoms with Crippen LogP contribution >= 0.6 is 0 Å². The van der Waals surface area contributed by atoms with Crippen molar-refractivity contribution in [2.45, 2.75) is 18.9 Å². The maximum Gasteiger partial charge on any atom is 0.310 e. The zero-order valence-electron chi connectivity index (χ0n) is 16.6. The summed E-state index contributed by atoms with van der Waals surface area (Å²) >= 11 is 0. The Morgan fingerprint density at radius 1 is 0.966 bits per heavy atom. The quantitative estimate of drug-likeness (QED) is 0.797. The molecular formula is C22H23NO6. The zero-order chi connectivity index (χ0) is 20.3. The Balaban J connectivity index is 1.75. The maximum absolute atomic E-state index is 12.8. The van der Waals surface area contributed by atoms with E-state index in [1.54, 1.807) is 14.2 Å². The number of methoxy groups -OCH3 is 2. The second-order valence-electron chi connectivity index (χ2n) is 7.71. The first-order chi connectivity index (χ1) is 14.0. The molecule has 7 heteroatoms. The number of carbonyl (C=O) groups excluding carboxylic acids is 1. The van der Waals surface area contributed by atoms with Crippen LogP contribution in [0.1, 0.15) is 34.2 Å². The van der Waals surface area contributed by atoms with E-state index in [4.69, 9.17) is 29.4 Å². The number of esters is 1. The van der Waals surface area contributed by atoms with Gasteiger partial charge in [0.1, 0.15) is 11.5 Å². The lowest BCUT2D eigenvalue weighted by atomic mass is 9.65. The molecule has 0 bridgehead atoms. The number of nitrogens with two attached hydrogens (primary N) is 1. The van der Waals surface area contributed by atoms with Crippen LogP contribution in [0.2, 0.25) is 0 Å². The molecule has 5 rings (SSSR count). The number of hydrogen-bond acceptors (Lipinski definition) is 7. The Bertz CT molecular complexity index is 978. The van der Waals surface area contributed by atoms with Gasteiger partial charge >= 0.3 is 5.97 Å². The van der Waals surface area contributed by atoms with E-state index in [9.17, 15) is 4.79 Å². The van der Waals surface area contributed by atoms with Crippen molar-refractivity contribution in [3.8, 4) is 23.0 Å². The van der Waals surface area contributed by atoms with Gasteiger partial charge in [-0.1, -0.05) is 0 Å². The van der Waals surface area contributed by atoms with E-state index in [1.165, 1.54) is 0 Å². The molecule has 7 nitrogen and oxygen atoms in total. The first-order valence-electron chi connectivity index (χ1n) is 9.61. The largest absolute Gasteiger partial charge is 0.496 e. The Hall–Kier alpha value is -2.93. The summed E-state index contributed by atoms with van der Waals surface area (Å²) in [6, 6.07) is 7.51. The molecule has 152 valence electrons. The molecule has 4 atom stereocenters. The molecule has 0 radical (unpaired) electrons. The van der Waals surface area contributed by atoms with E-state index in [0.29, 0.717) is 29.6 Å². The van der Waals surface area contributed by atoms with Gasteiger partial charge < -0.3 is 29.4 Å². The lowest BCUT2D eigenvalue weighted by Crippen LogP contribution is -2.38. The number of cyclic esters (lactones) is 1. The van der Waals surface area contributed by atoms with Gasteiger partial charge in [0.25, 0.3) is 0 Å². The second-order valence-corrected chi connectivity index (χ2v) is 7.71. The third-order valence-corrected chi connectivity index (χ3v) is 6.38. The van der Waals surface area contributed by atoms with Crippen molar-refractivity contribution in [2.75, 3.05) is 27.6 Å². The molecule has 2 aromatic rings. The molecule has 0 amide bonds. The van der Waals surface area contributed by atoms with Crippen LogP contribution in [-0.4, -0.2) is 33.6 Å². The fourth-order valence-electron chi connectivity index (χ4n) is 4.89. The Morgan fingerprint density at radius 2 is 1.59 bits per heavy atom. The van der Waals surface area contributed by atoms with Crippen LogP contribution in [-0.2, 0) is 9.53 Å². The topological polar surface area (TPSA) is 89.2 Å². The van der Waals surface area contributed by atoms with Gasteiger partial charge in [0.15, 0.2) is 11.5 Å². The van der Waals surface area contributed by atoms with E-state index in [2.05, 4.69) is 0 Å². The summed E-state index contributed by atoms with van der Waals surface area (Å²) in [5.41, 5.74) is 10.3. The molecular weight excluding hydrogens is 374 g/mol. The van der Waals surface area contributed by atoms with Gasteiger partial charge in [-0.3, -0.25) is 4.79 Å². The van der Waals surface area contributed by atoms with E-state index < -0.39 is 0 Å². The molecule has 1 saturated heterocycles. The minimum absolute atomic E-state index is 0.112. The molecule has 0 spiro atoms. The average Bonchev–Trinajstić information content (AvgIpc) is 3.34. The molecule has 1 fully saturated rings. The molecule has 2 aliphatic heterocycles. The average molecular weight is 397 g/mol. The normalized spacial score (nSPS) is 26.6. The number of rotatable bonds is 3. The summed E-state index contributed by atoms with van der Waals surface area (Å²) in [5, 5.41) is 0. The fourth-order valence-corrected chi connectivity index (χ4v) is 4.89. The number of hydrogen-bond donors (Lipinski definition) is 1. The lowest BCUT2D eigenvalue weighted by Gasteiger charge is -2.37. The van der Waals surface area contributed by atoms with Gasteiger partial charge in [-0.25, -0.2) is 0 Å². The van der Waals surface area contributed by atoms with E-state index in [1.807, 2.05) is 31.2 Å². The van der Waals surface area contributed by atoms with Gasteiger partial charge in [-0.2, -0.15) is 0 Å². The van der Waals surface area contributed by atoms with Crippen molar-refractivity contribution in [1.29, 1.82) is 0 Å². The van der Waals surface area contributed by atoms with Gasteiger partial charge in [0.05, 0.1) is 26.7 Å². The van der Waals surface area contributed by atoms with Gasteiger partial charge in [-0.05, 0) is 47.9 Å². The highest BCUT2D eigenvalue weighted by molar-refractivity contribution is 5.79. The lowest BCUT2D eigenvalue weighted by molar-refractivity contribution is -0.141. The smallest absolute Gasteiger partial charge is 0.310 e. The summed E-state index contributed by atoms with van der Waals surface area (Å²) in [7, 11) is 3.25. The molecule has 2 N–H and O–H groups in total. The highest BCUT2D eigenvalue weighted by atomic mass is 16.7. The molecule has 2 aromatic carbocycles. The van der Waals surface area contributed by atoms with E-state index in [-0.39, 0.29) is 36.6 Å². The highest BCUT2D eigenvalue weighted by Crippen LogP contribution is 2.54. The molecule has 29 heavy (non-hydrogen) atoms. The van der Waals surface area contributed by atoms with Crippen molar-refractivity contribution in [3.05, 3.63) is 46.5 Å². The molecule has 1 aliphatic carbocycles. The molecule has 2 heterocycles. The van der Waals surface area contributed by atoms with Crippen LogP contribution in [0.4, 0.5) is 0 Å². The highest BCUT2D eigenvalue weighted by Gasteiger charge is 2.51. The van der Waals surface area contributed by atoms with Crippen LogP contribution < -0.4 is 24.7 Å². The maximum atomic E-state index is 12.8. The number of carbonyl (C=O) groups is 1. The summed E-state index contributed by atoms with van der Waals surface area (Å²) < 4.78 is 27.8. The molecule has 3 aliphatic rings.